The lowest BCUT2D eigenvalue weighted by Crippen LogP contribution is -2.01. The average Bonchev–Trinajstić information content (AvgIpc) is 3.72. The molecule has 10 rings (SSSR count). The zero-order valence-electron chi connectivity index (χ0n) is 26.9. The fourth-order valence-corrected chi connectivity index (χ4v) is 7.05. The lowest BCUT2D eigenvalue weighted by atomic mass is 10.0. The number of aromatic nitrogens is 4. The molecule has 3 aromatic heterocycles. The largest absolute Gasteiger partial charge is 0.456 e. The zero-order valence-corrected chi connectivity index (χ0v) is 26.9. The molecule has 0 aliphatic heterocycles. The van der Waals surface area contributed by atoms with Gasteiger partial charge in [-0.3, -0.25) is 0 Å². The Kier molecular flexibility index (Phi) is 6.42. The average molecular weight is 641 g/mol. The molecular weight excluding hydrogens is 613 g/mol. The second-order valence-corrected chi connectivity index (χ2v) is 12.5. The highest BCUT2D eigenvalue weighted by atomic mass is 16.3. The number of para-hydroxylation sites is 1. The van der Waals surface area contributed by atoms with Gasteiger partial charge in [0.1, 0.15) is 11.2 Å². The lowest BCUT2D eigenvalue weighted by molar-refractivity contribution is 0.669. The minimum absolute atomic E-state index is 0.616. The van der Waals surface area contributed by atoms with Crippen molar-refractivity contribution in [3.63, 3.8) is 0 Å². The van der Waals surface area contributed by atoms with Crippen molar-refractivity contribution in [2.75, 3.05) is 0 Å². The Morgan fingerprint density at radius 2 is 0.920 bits per heavy atom. The molecule has 7 aromatic carbocycles. The van der Waals surface area contributed by atoms with E-state index in [1.54, 1.807) is 0 Å². The minimum atomic E-state index is 0.616. The zero-order chi connectivity index (χ0) is 33.0. The van der Waals surface area contributed by atoms with Crippen molar-refractivity contribution in [3.05, 3.63) is 170 Å². The van der Waals surface area contributed by atoms with Crippen molar-refractivity contribution in [1.29, 1.82) is 0 Å². The number of fused-ring (bicyclic) bond motifs is 6. The third-order valence-corrected chi connectivity index (χ3v) is 9.43. The molecule has 0 spiro atoms. The first-order valence-electron chi connectivity index (χ1n) is 16.7. The molecule has 0 saturated heterocycles. The maximum atomic E-state index is 6.40. The molecule has 10 aromatic rings. The third kappa shape index (κ3) is 4.67. The first-order chi connectivity index (χ1) is 24.8. The minimum Gasteiger partial charge on any atom is -0.456 e. The van der Waals surface area contributed by atoms with E-state index in [0.29, 0.717) is 17.5 Å². The number of nitrogens with zero attached hydrogens (tertiary/aromatic N) is 4. The SMILES string of the molecule is c1ccc(-c2ccc3c4cc5c(cc4n(-c4cccc(-c6nc(-c7ccccc7)nc(-c7ccccc7)n6)c4)c3c2)oc2ccccc25)cc1. The predicted molar refractivity (Wildman–Crippen MR) is 203 cm³/mol. The van der Waals surface area contributed by atoms with Crippen LogP contribution in [0.4, 0.5) is 0 Å². The van der Waals surface area contributed by atoms with Crippen molar-refractivity contribution >= 4 is 43.7 Å². The van der Waals surface area contributed by atoms with E-state index in [0.717, 1.165) is 60.9 Å². The van der Waals surface area contributed by atoms with Gasteiger partial charge in [-0.25, -0.2) is 15.0 Å². The molecule has 5 nitrogen and oxygen atoms in total. The molecule has 0 saturated carbocycles. The molecule has 0 atom stereocenters. The first kappa shape index (κ1) is 28.2. The van der Waals surface area contributed by atoms with Crippen LogP contribution in [0.15, 0.2) is 174 Å². The molecular formula is C45H28N4O. The van der Waals surface area contributed by atoms with E-state index in [1.807, 2.05) is 72.8 Å². The van der Waals surface area contributed by atoms with Gasteiger partial charge in [-0.15, -0.1) is 0 Å². The summed E-state index contributed by atoms with van der Waals surface area (Å²) >= 11 is 0. The van der Waals surface area contributed by atoms with Crippen LogP contribution in [0.3, 0.4) is 0 Å². The normalized spacial score (nSPS) is 11.6. The highest BCUT2D eigenvalue weighted by Gasteiger charge is 2.19. The molecule has 3 heterocycles. The van der Waals surface area contributed by atoms with Crippen LogP contribution >= 0.6 is 0 Å². The van der Waals surface area contributed by atoms with Gasteiger partial charge in [0.05, 0.1) is 11.0 Å². The van der Waals surface area contributed by atoms with E-state index in [-0.39, 0.29) is 0 Å². The van der Waals surface area contributed by atoms with Crippen LogP contribution < -0.4 is 0 Å². The van der Waals surface area contributed by atoms with Crippen LogP contribution in [-0.4, -0.2) is 19.5 Å². The Hall–Kier alpha value is -6.85. The first-order valence-corrected chi connectivity index (χ1v) is 16.7. The summed E-state index contributed by atoms with van der Waals surface area (Å²) in [4.78, 5) is 14.9. The van der Waals surface area contributed by atoms with Gasteiger partial charge in [-0.05, 0) is 41.5 Å². The van der Waals surface area contributed by atoms with Crippen LogP contribution in [0.25, 0.3) is 94.7 Å². The predicted octanol–water partition coefficient (Wildman–Crippen LogP) is 11.5. The second kappa shape index (κ2) is 11.4. The molecule has 0 fully saturated rings. The maximum Gasteiger partial charge on any atom is 0.164 e. The fraction of sp³-hybridized carbons (Fsp3) is 0. The number of rotatable bonds is 5. The summed E-state index contributed by atoms with van der Waals surface area (Å²) in [6, 6.07) is 58.6. The Morgan fingerprint density at radius 3 is 1.62 bits per heavy atom. The van der Waals surface area contributed by atoms with Gasteiger partial charge in [0, 0.05) is 50.0 Å². The molecule has 234 valence electrons. The number of hydrogen-bond acceptors (Lipinski definition) is 4. The molecule has 0 unspecified atom stereocenters. The van der Waals surface area contributed by atoms with Gasteiger partial charge in [-0.1, -0.05) is 133 Å². The summed E-state index contributed by atoms with van der Waals surface area (Å²) in [6.07, 6.45) is 0. The standard InChI is InChI=1S/C45H28N4O/c1-4-13-29(14-5-1)32-23-24-35-37-27-38-36-21-10-11-22-41(36)50-42(38)28-40(37)49(39(35)26-32)34-20-12-19-33(25-34)45-47-43(30-15-6-2-7-16-30)46-44(48-45)31-17-8-3-9-18-31/h1-28H. The molecule has 0 bridgehead atoms. The van der Waals surface area contributed by atoms with E-state index >= 15 is 0 Å². The fourth-order valence-electron chi connectivity index (χ4n) is 7.05. The lowest BCUT2D eigenvalue weighted by Gasteiger charge is -2.12. The molecule has 5 heteroatoms. The number of hydrogen-bond donors (Lipinski definition) is 0. The summed E-state index contributed by atoms with van der Waals surface area (Å²) in [5.74, 6) is 1.89. The molecule has 0 radical (unpaired) electrons. The number of benzene rings is 7. The van der Waals surface area contributed by atoms with Gasteiger partial charge in [0.2, 0.25) is 0 Å². The second-order valence-electron chi connectivity index (χ2n) is 12.5. The smallest absolute Gasteiger partial charge is 0.164 e. The summed E-state index contributed by atoms with van der Waals surface area (Å²) in [5.41, 5.74) is 10.0. The summed E-state index contributed by atoms with van der Waals surface area (Å²) in [6.45, 7) is 0. The maximum absolute atomic E-state index is 6.40. The van der Waals surface area contributed by atoms with Gasteiger partial charge in [0.25, 0.3) is 0 Å². The van der Waals surface area contributed by atoms with E-state index < -0.39 is 0 Å². The Balaban J connectivity index is 1.22. The summed E-state index contributed by atoms with van der Waals surface area (Å²) < 4.78 is 8.74. The third-order valence-electron chi connectivity index (χ3n) is 9.43. The van der Waals surface area contributed by atoms with Crippen molar-refractivity contribution in [1.82, 2.24) is 19.5 Å². The van der Waals surface area contributed by atoms with Crippen LogP contribution in [-0.2, 0) is 0 Å². The Morgan fingerprint density at radius 1 is 0.340 bits per heavy atom. The van der Waals surface area contributed by atoms with Crippen molar-refractivity contribution < 1.29 is 4.42 Å². The van der Waals surface area contributed by atoms with Gasteiger partial charge in [-0.2, -0.15) is 0 Å². The van der Waals surface area contributed by atoms with E-state index in [1.165, 1.54) is 16.3 Å². The summed E-state index contributed by atoms with van der Waals surface area (Å²) in [5, 5.41) is 4.57. The van der Waals surface area contributed by atoms with Crippen molar-refractivity contribution in [2.45, 2.75) is 0 Å². The van der Waals surface area contributed by atoms with Crippen LogP contribution in [0.1, 0.15) is 0 Å². The van der Waals surface area contributed by atoms with Gasteiger partial charge >= 0.3 is 0 Å². The van der Waals surface area contributed by atoms with E-state index in [4.69, 9.17) is 19.4 Å². The Bertz CT molecular complexity index is 2800. The quantitative estimate of drug-likeness (QED) is 0.188. The van der Waals surface area contributed by atoms with Crippen molar-refractivity contribution in [2.24, 2.45) is 0 Å². The van der Waals surface area contributed by atoms with Crippen LogP contribution in [0.5, 0.6) is 0 Å². The molecule has 0 aliphatic rings. The van der Waals surface area contributed by atoms with Crippen LogP contribution in [0, 0.1) is 0 Å². The Labute approximate surface area is 287 Å². The summed E-state index contributed by atoms with van der Waals surface area (Å²) in [7, 11) is 0. The van der Waals surface area contributed by atoms with Crippen molar-refractivity contribution in [3.8, 4) is 51.0 Å². The molecule has 50 heavy (non-hydrogen) atoms. The number of furan rings is 1. The molecule has 0 amide bonds. The van der Waals surface area contributed by atoms with Crippen LogP contribution in [0.2, 0.25) is 0 Å². The monoisotopic (exact) mass is 640 g/mol. The van der Waals surface area contributed by atoms with E-state index in [2.05, 4.69) is 102 Å². The topological polar surface area (TPSA) is 56.7 Å². The van der Waals surface area contributed by atoms with Gasteiger partial charge < -0.3 is 8.98 Å². The van der Waals surface area contributed by atoms with Gasteiger partial charge in [0.15, 0.2) is 17.5 Å². The highest BCUT2D eigenvalue weighted by molar-refractivity contribution is 6.17. The highest BCUT2D eigenvalue weighted by Crippen LogP contribution is 2.40. The van der Waals surface area contributed by atoms with E-state index in [9.17, 15) is 0 Å². The molecule has 0 N–H and O–H groups in total. The molecule has 0 aliphatic carbocycles.